The van der Waals surface area contributed by atoms with Crippen LogP contribution in [0.15, 0.2) is 54.6 Å². The highest BCUT2D eigenvalue weighted by atomic mass is 16.2. The van der Waals surface area contributed by atoms with E-state index in [1.807, 2.05) is 5.43 Å². The summed E-state index contributed by atoms with van der Waals surface area (Å²) in [5, 5.41) is 2.55. The maximum Gasteiger partial charge on any atom is 0.306 e. The highest BCUT2D eigenvalue weighted by Gasteiger charge is 2.39. The van der Waals surface area contributed by atoms with Crippen molar-refractivity contribution in [3.63, 3.8) is 0 Å². The lowest BCUT2D eigenvalue weighted by Crippen LogP contribution is -2.46. The second kappa shape index (κ2) is 6.33. The Balaban J connectivity index is 1.67. The first kappa shape index (κ1) is 15.4. The van der Waals surface area contributed by atoms with E-state index in [1.54, 1.807) is 54.6 Å². The molecule has 0 fully saturated rings. The van der Waals surface area contributed by atoms with E-state index >= 15 is 0 Å². The molecule has 3 amide bonds. The van der Waals surface area contributed by atoms with Crippen LogP contribution in [0.3, 0.4) is 0 Å². The van der Waals surface area contributed by atoms with Gasteiger partial charge in [-0.1, -0.05) is 36.4 Å². The van der Waals surface area contributed by atoms with Crippen molar-refractivity contribution in [2.75, 3.05) is 5.32 Å². The van der Waals surface area contributed by atoms with Crippen molar-refractivity contribution in [1.82, 2.24) is 10.9 Å². The molecule has 1 atom stereocenters. The summed E-state index contributed by atoms with van der Waals surface area (Å²) in [6.45, 7) is 0. The zero-order chi connectivity index (χ0) is 17.1. The third-order valence-corrected chi connectivity index (χ3v) is 3.60. The molecule has 0 saturated heterocycles. The number of hydrazine groups is 1. The quantitative estimate of drug-likeness (QED) is 0.440. The third kappa shape index (κ3) is 2.87. The molecule has 0 saturated carbocycles. The van der Waals surface area contributed by atoms with Crippen LogP contribution in [0.5, 0.6) is 0 Å². The molecule has 120 valence electrons. The number of carbonyl (C=O) groups is 4. The number of hydrogen-bond donors (Lipinski definition) is 3. The lowest BCUT2D eigenvalue weighted by atomic mass is 9.96. The predicted molar refractivity (Wildman–Crippen MR) is 84.9 cm³/mol. The average Bonchev–Trinajstić information content (AvgIpc) is 2.95. The van der Waals surface area contributed by atoms with Crippen LogP contribution >= 0.6 is 0 Å². The monoisotopic (exact) mass is 323 g/mol. The van der Waals surface area contributed by atoms with Gasteiger partial charge in [-0.05, 0) is 23.8 Å². The zero-order valence-electron chi connectivity index (χ0n) is 12.4. The normalized spacial score (nSPS) is 15.2. The van der Waals surface area contributed by atoms with Crippen LogP contribution in [0, 0.1) is 0 Å². The van der Waals surface area contributed by atoms with Gasteiger partial charge >= 0.3 is 5.91 Å². The highest BCUT2D eigenvalue weighted by Crippen LogP contribution is 2.32. The number of carbonyl (C=O) groups excluding carboxylic acids is 4. The summed E-state index contributed by atoms with van der Waals surface area (Å²) in [4.78, 5) is 48.0. The molecule has 0 radical (unpaired) electrons. The van der Waals surface area contributed by atoms with Gasteiger partial charge in [0.15, 0.2) is 0 Å². The Morgan fingerprint density at radius 3 is 2.29 bits per heavy atom. The number of nitrogens with one attached hydrogen (secondary N) is 3. The van der Waals surface area contributed by atoms with Gasteiger partial charge in [0.2, 0.25) is 11.7 Å². The molecule has 3 rings (SSSR count). The fourth-order valence-electron chi connectivity index (χ4n) is 2.44. The van der Waals surface area contributed by atoms with E-state index in [1.165, 1.54) is 0 Å². The lowest BCUT2D eigenvalue weighted by molar-refractivity contribution is -0.141. The summed E-state index contributed by atoms with van der Waals surface area (Å²) < 4.78 is 0. The number of Topliss-reactive ketones (excluding diaryl/α,β-unsaturated/α-hetero) is 1. The van der Waals surface area contributed by atoms with Crippen molar-refractivity contribution in [1.29, 1.82) is 0 Å². The molecule has 2 aromatic carbocycles. The molecule has 2 aromatic rings. The molecule has 1 aliphatic rings. The largest absolute Gasteiger partial charge is 0.325 e. The molecule has 1 heterocycles. The number of benzene rings is 2. The minimum Gasteiger partial charge on any atom is -0.325 e. The molecule has 3 N–H and O–H groups in total. The van der Waals surface area contributed by atoms with Crippen molar-refractivity contribution in [2.24, 2.45) is 0 Å². The number of ketones is 1. The van der Waals surface area contributed by atoms with Gasteiger partial charge in [-0.25, -0.2) is 0 Å². The van der Waals surface area contributed by atoms with Crippen LogP contribution in [0.2, 0.25) is 0 Å². The Hall–Kier alpha value is -3.48. The van der Waals surface area contributed by atoms with Gasteiger partial charge < -0.3 is 5.32 Å². The molecule has 0 spiro atoms. The molecule has 7 heteroatoms. The Labute approximate surface area is 137 Å². The number of para-hydroxylation sites is 1. The smallest absolute Gasteiger partial charge is 0.306 e. The van der Waals surface area contributed by atoms with Gasteiger partial charge in [-0.2, -0.15) is 0 Å². The fraction of sp³-hybridized carbons (Fsp3) is 0.0588. The first-order valence-corrected chi connectivity index (χ1v) is 7.17. The zero-order valence-corrected chi connectivity index (χ0v) is 12.4. The minimum atomic E-state index is -1.21. The van der Waals surface area contributed by atoms with Crippen LogP contribution in [-0.2, 0) is 14.4 Å². The van der Waals surface area contributed by atoms with E-state index in [4.69, 9.17) is 0 Å². The van der Waals surface area contributed by atoms with E-state index in [9.17, 15) is 19.2 Å². The second-order valence-corrected chi connectivity index (χ2v) is 5.15. The van der Waals surface area contributed by atoms with Crippen LogP contribution in [0.25, 0.3) is 0 Å². The maximum atomic E-state index is 12.2. The molecule has 0 aromatic heterocycles. The molecule has 0 aliphatic carbocycles. The van der Waals surface area contributed by atoms with Crippen LogP contribution in [0.4, 0.5) is 5.69 Å². The number of amides is 3. The molecule has 0 unspecified atom stereocenters. The van der Waals surface area contributed by atoms with E-state index in [0.29, 0.717) is 16.8 Å². The Kier molecular flexibility index (Phi) is 4.07. The standard InChI is InChI=1S/C17H13N3O4/c21-14(13-11-8-4-5-9-12(11)18-16(13)23)17(24)20-19-15(22)10-6-2-1-3-7-10/h1-9,13H,(H,18,23)(H,19,22)(H,20,24)/t13-/m1/s1. The minimum absolute atomic E-state index is 0.328. The molecule has 24 heavy (non-hydrogen) atoms. The van der Waals surface area contributed by atoms with Crippen molar-refractivity contribution < 1.29 is 19.2 Å². The summed E-state index contributed by atoms with van der Waals surface area (Å²) in [5.41, 5.74) is 5.46. The Morgan fingerprint density at radius 1 is 0.875 bits per heavy atom. The van der Waals surface area contributed by atoms with Crippen molar-refractivity contribution in [3.05, 3.63) is 65.7 Å². The van der Waals surface area contributed by atoms with Crippen LogP contribution in [0.1, 0.15) is 21.8 Å². The summed E-state index contributed by atoms with van der Waals surface area (Å²) in [6.07, 6.45) is 0. The number of fused-ring (bicyclic) bond motifs is 1. The van der Waals surface area contributed by atoms with Gasteiger partial charge in [-0.3, -0.25) is 30.0 Å². The summed E-state index contributed by atoms with van der Waals surface area (Å²) >= 11 is 0. The van der Waals surface area contributed by atoms with Crippen molar-refractivity contribution in [2.45, 2.75) is 5.92 Å². The van der Waals surface area contributed by atoms with Gasteiger partial charge in [0.25, 0.3) is 5.91 Å². The molecule has 1 aliphatic heterocycles. The molecular weight excluding hydrogens is 310 g/mol. The number of anilines is 1. The van der Waals surface area contributed by atoms with Gasteiger partial charge in [-0.15, -0.1) is 0 Å². The molecule has 0 bridgehead atoms. The SMILES string of the molecule is O=C(NNC(=O)c1ccccc1)C(=O)[C@@H]1C(=O)Nc2ccccc21. The maximum absolute atomic E-state index is 12.2. The highest BCUT2D eigenvalue weighted by molar-refractivity contribution is 6.44. The van der Waals surface area contributed by atoms with E-state index in [2.05, 4.69) is 10.7 Å². The second-order valence-electron chi connectivity index (χ2n) is 5.15. The predicted octanol–water partition coefficient (Wildman–Crippen LogP) is 0.753. The molecular formula is C17H13N3O4. The third-order valence-electron chi connectivity index (χ3n) is 3.60. The van der Waals surface area contributed by atoms with Crippen molar-refractivity contribution >= 4 is 29.2 Å². The topological polar surface area (TPSA) is 104 Å². The number of rotatable bonds is 3. The summed E-state index contributed by atoms with van der Waals surface area (Å²) in [5.74, 6) is -4.34. The Bertz CT molecular complexity index is 833. The van der Waals surface area contributed by atoms with E-state index in [0.717, 1.165) is 0 Å². The van der Waals surface area contributed by atoms with Crippen LogP contribution in [-0.4, -0.2) is 23.5 Å². The van der Waals surface area contributed by atoms with E-state index < -0.39 is 29.4 Å². The summed E-state index contributed by atoms with van der Waals surface area (Å²) in [7, 11) is 0. The van der Waals surface area contributed by atoms with Gasteiger partial charge in [0.1, 0.15) is 5.92 Å². The van der Waals surface area contributed by atoms with Crippen LogP contribution < -0.4 is 16.2 Å². The Morgan fingerprint density at radius 2 is 1.54 bits per heavy atom. The summed E-state index contributed by atoms with van der Waals surface area (Å²) in [6, 6.07) is 14.8. The first-order chi connectivity index (χ1) is 11.6. The lowest BCUT2D eigenvalue weighted by Gasteiger charge is -2.09. The average molecular weight is 323 g/mol. The fourth-order valence-corrected chi connectivity index (χ4v) is 2.44. The molecule has 7 nitrogen and oxygen atoms in total. The van der Waals surface area contributed by atoms with Gasteiger partial charge in [0, 0.05) is 11.3 Å². The van der Waals surface area contributed by atoms with Crippen molar-refractivity contribution in [3.8, 4) is 0 Å². The van der Waals surface area contributed by atoms with E-state index in [-0.39, 0.29) is 0 Å². The number of hydrogen-bond acceptors (Lipinski definition) is 4. The van der Waals surface area contributed by atoms with Gasteiger partial charge in [0.05, 0.1) is 0 Å². The first-order valence-electron chi connectivity index (χ1n) is 7.17.